The highest BCUT2D eigenvalue weighted by Crippen LogP contribution is 2.19. The molecule has 1 unspecified atom stereocenters. The van der Waals surface area contributed by atoms with Crippen LogP contribution in [0.25, 0.3) is 0 Å². The molecule has 0 aliphatic carbocycles. The molecule has 0 amide bonds. The largest absolute Gasteiger partial charge is 0.329 e. The molecule has 4 nitrogen and oxygen atoms in total. The highest BCUT2D eigenvalue weighted by molar-refractivity contribution is 5.98. The van der Waals surface area contributed by atoms with Gasteiger partial charge in [-0.3, -0.25) is 4.79 Å². The van der Waals surface area contributed by atoms with Crippen molar-refractivity contribution in [1.29, 1.82) is 0 Å². The molecule has 0 radical (unpaired) electrons. The van der Waals surface area contributed by atoms with Crippen LogP contribution in [0.4, 0.5) is 0 Å². The van der Waals surface area contributed by atoms with Gasteiger partial charge in [-0.15, -0.1) is 0 Å². The van der Waals surface area contributed by atoms with Crippen molar-refractivity contribution in [2.45, 2.75) is 25.8 Å². The Balaban J connectivity index is 2.28. The maximum absolute atomic E-state index is 12.6. The van der Waals surface area contributed by atoms with E-state index in [0.29, 0.717) is 12.4 Å². The minimum absolute atomic E-state index is 0.00727. The molecular formula is C15H19N3O. The highest BCUT2D eigenvalue weighted by Gasteiger charge is 2.23. The second kappa shape index (κ2) is 6.29. The number of hydrogen-bond donors (Lipinski definition) is 1. The van der Waals surface area contributed by atoms with E-state index in [2.05, 4.69) is 11.9 Å². The summed E-state index contributed by atoms with van der Waals surface area (Å²) < 4.78 is 1.90. The molecule has 1 aromatic heterocycles. The van der Waals surface area contributed by atoms with Crippen LogP contribution in [0.2, 0.25) is 0 Å². The molecule has 1 aromatic carbocycles. The van der Waals surface area contributed by atoms with Crippen LogP contribution in [-0.4, -0.2) is 21.9 Å². The maximum atomic E-state index is 12.6. The van der Waals surface area contributed by atoms with Crippen LogP contribution >= 0.6 is 0 Å². The van der Waals surface area contributed by atoms with Crippen molar-refractivity contribution in [3.05, 3.63) is 54.1 Å². The molecular weight excluding hydrogens is 238 g/mol. The summed E-state index contributed by atoms with van der Waals surface area (Å²) in [5.41, 5.74) is 6.72. The van der Waals surface area contributed by atoms with E-state index in [0.717, 1.165) is 18.5 Å². The Hall–Kier alpha value is -1.94. The first kappa shape index (κ1) is 13.5. The van der Waals surface area contributed by atoms with Crippen molar-refractivity contribution in [3.8, 4) is 0 Å². The van der Waals surface area contributed by atoms with Gasteiger partial charge < -0.3 is 10.3 Å². The van der Waals surface area contributed by atoms with Gasteiger partial charge in [-0.05, 0) is 12.0 Å². The zero-order chi connectivity index (χ0) is 13.7. The van der Waals surface area contributed by atoms with E-state index in [4.69, 9.17) is 5.73 Å². The quantitative estimate of drug-likeness (QED) is 0.807. The fourth-order valence-electron chi connectivity index (χ4n) is 2.19. The summed E-state index contributed by atoms with van der Waals surface area (Å²) in [5, 5.41) is 0. The van der Waals surface area contributed by atoms with E-state index in [1.54, 1.807) is 6.20 Å². The first-order valence-corrected chi connectivity index (χ1v) is 6.58. The van der Waals surface area contributed by atoms with Crippen molar-refractivity contribution < 1.29 is 4.79 Å². The van der Waals surface area contributed by atoms with E-state index in [1.807, 2.05) is 41.1 Å². The van der Waals surface area contributed by atoms with Gasteiger partial charge in [0.2, 0.25) is 5.78 Å². The van der Waals surface area contributed by atoms with Crippen molar-refractivity contribution in [3.63, 3.8) is 0 Å². The molecule has 2 aromatic rings. The number of nitrogens with zero attached hydrogens (tertiary/aromatic N) is 2. The Bertz CT molecular complexity index is 533. The number of hydrogen-bond acceptors (Lipinski definition) is 3. The van der Waals surface area contributed by atoms with E-state index in [1.165, 1.54) is 0 Å². The predicted octanol–water partition coefficient (Wildman–Crippen LogP) is 2.22. The zero-order valence-electron chi connectivity index (χ0n) is 11.1. The van der Waals surface area contributed by atoms with Crippen LogP contribution in [0, 0.1) is 0 Å². The van der Waals surface area contributed by atoms with Crippen LogP contribution in [-0.2, 0) is 6.54 Å². The Morgan fingerprint density at radius 3 is 2.74 bits per heavy atom. The van der Waals surface area contributed by atoms with Gasteiger partial charge in [0.25, 0.3) is 0 Å². The molecule has 0 saturated carbocycles. The van der Waals surface area contributed by atoms with Crippen LogP contribution in [0.1, 0.15) is 35.4 Å². The molecule has 0 aliphatic rings. The lowest BCUT2D eigenvalue weighted by molar-refractivity contribution is 0.0947. The molecule has 100 valence electrons. The third kappa shape index (κ3) is 2.90. The zero-order valence-corrected chi connectivity index (χ0v) is 11.1. The third-order valence-electron chi connectivity index (χ3n) is 3.15. The van der Waals surface area contributed by atoms with Gasteiger partial charge in [0.15, 0.2) is 5.82 Å². The summed E-state index contributed by atoms with van der Waals surface area (Å²) in [6, 6.07) is 9.64. The van der Waals surface area contributed by atoms with Crippen molar-refractivity contribution in [2.24, 2.45) is 5.73 Å². The number of imidazole rings is 1. The van der Waals surface area contributed by atoms with E-state index < -0.39 is 0 Å². The van der Waals surface area contributed by atoms with Gasteiger partial charge in [0, 0.05) is 25.5 Å². The summed E-state index contributed by atoms with van der Waals surface area (Å²) in [7, 11) is 0. The Morgan fingerprint density at radius 2 is 2.11 bits per heavy atom. The van der Waals surface area contributed by atoms with Gasteiger partial charge in [-0.25, -0.2) is 4.98 Å². The van der Waals surface area contributed by atoms with Gasteiger partial charge >= 0.3 is 0 Å². The predicted molar refractivity (Wildman–Crippen MR) is 75.1 cm³/mol. The number of rotatable bonds is 6. The van der Waals surface area contributed by atoms with Crippen molar-refractivity contribution in [1.82, 2.24) is 9.55 Å². The van der Waals surface area contributed by atoms with Crippen molar-refractivity contribution in [2.75, 3.05) is 6.54 Å². The number of nitrogens with two attached hydrogens (primary N) is 1. The van der Waals surface area contributed by atoms with Gasteiger partial charge in [-0.1, -0.05) is 37.3 Å². The third-order valence-corrected chi connectivity index (χ3v) is 3.15. The fourth-order valence-corrected chi connectivity index (χ4v) is 2.19. The van der Waals surface area contributed by atoms with Crippen LogP contribution < -0.4 is 5.73 Å². The van der Waals surface area contributed by atoms with Gasteiger partial charge in [-0.2, -0.15) is 0 Å². The Labute approximate surface area is 113 Å². The maximum Gasteiger partial charge on any atom is 0.206 e. The molecule has 1 atom stereocenters. The molecule has 0 spiro atoms. The van der Waals surface area contributed by atoms with Crippen LogP contribution in [0.3, 0.4) is 0 Å². The molecule has 2 N–H and O–H groups in total. The SMILES string of the molecule is CCCn1ccnc1C(=O)C(CN)c1ccccc1. The molecule has 19 heavy (non-hydrogen) atoms. The Kier molecular flexibility index (Phi) is 4.47. The van der Waals surface area contributed by atoms with E-state index in [-0.39, 0.29) is 11.7 Å². The average molecular weight is 257 g/mol. The normalized spacial score (nSPS) is 12.3. The first-order valence-electron chi connectivity index (χ1n) is 6.58. The lowest BCUT2D eigenvalue weighted by atomic mass is 9.94. The molecule has 0 saturated heterocycles. The second-order valence-electron chi connectivity index (χ2n) is 4.51. The molecule has 4 heteroatoms. The van der Waals surface area contributed by atoms with E-state index >= 15 is 0 Å². The number of carbonyl (C=O) groups excluding carboxylic acids is 1. The molecule has 0 bridgehead atoms. The summed E-state index contributed by atoms with van der Waals surface area (Å²) in [6.07, 6.45) is 4.48. The van der Waals surface area contributed by atoms with Crippen molar-refractivity contribution >= 4 is 5.78 Å². The minimum atomic E-state index is -0.320. The topological polar surface area (TPSA) is 60.9 Å². The standard InChI is InChI=1S/C15H19N3O/c1-2-9-18-10-8-17-15(18)14(19)13(11-16)12-6-4-3-5-7-12/h3-8,10,13H,2,9,11,16H2,1H3. The lowest BCUT2D eigenvalue weighted by Gasteiger charge is -2.14. The lowest BCUT2D eigenvalue weighted by Crippen LogP contribution is -2.24. The number of aryl methyl sites for hydroxylation is 1. The highest BCUT2D eigenvalue weighted by atomic mass is 16.1. The second-order valence-corrected chi connectivity index (χ2v) is 4.51. The summed E-state index contributed by atoms with van der Waals surface area (Å²) in [5.74, 6) is 0.174. The smallest absolute Gasteiger partial charge is 0.206 e. The van der Waals surface area contributed by atoms with Crippen LogP contribution in [0.5, 0.6) is 0 Å². The number of carbonyl (C=O) groups is 1. The van der Waals surface area contributed by atoms with E-state index in [9.17, 15) is 4.79 Å². The van der Waals surface area contributed by atoms with Gasteiger partial charge in [0.05, 0.1) is 5.92 Å². The average Bonchev–Trinajstić information content (AvgIpc) is 2.89. The molecule has 1 heterocycles. The Morgan fingerprint density at radius 1 is 1.37 bits per heavy atom. The first-order chi connectivity index (χ1) is 9.27. The molecule has 0 fully saturated rings. The number of ketones is 1. The van der Waals surface area contributed by atoms with Gasteiger partial charge in [0.1, 0.15) is 0 Å². The number of benzene rings is 1. The summed E-state index contributed by atoms with van der Waals surface area (Å²) in [6.45, 7) is 3.17. The number of Topliss-reactive ketones (excluding diaryl/α,β-unsaturated/α-hetero) is 1. The summed E-state index contributed by atoms with van der Waals surface area (Å²) in [4.78, 5) is 16.8. The monoisotopic (exact) mass is 257 g/mol. The molecule has 0 aliphatic heterocycles. The summed E-state index contributed by atoms with van der Waals surface area (Å²) >= 11 is 0. The fraction of sp³-hybridized carbons (Fsp3) is 0.333. The molecule has 2 rings (SSSR count). The minimum Gasteiger partial charge on any atom is -0.329 e. The van der Waals surface area contributed by atoms with Crippen LogP contribution in [0.15, 0.2) is 42.7 Å². The number of aromatic nitrogens is 2.